The van der Waals surface area contributed by atoms with Crippen LogP contribution >= 0.6 is 11.8 Å². The molecule has 0 aliphatic rings. The van der Waals surface area contributed by atoms with E-state index in [2.05, 4.69) is 20.8 Å². The molecule has 0 spiro atoms. The smallest absolute Gasteiger partial charge is 0.243 e. The van der Waals surface area contributed by atoms with Crippen LogP contribution in [-0.4, -0.2) is 38.9 Å². The molecule has 0 unspecified atom stereocenters. The monoisotopic (exact) mass is 441 g/mol. The third kappa shape index (κ3) is 5.69. The maximum Gasteiger partial charge on any atom is 0.243 e. The number of carbonyl (C=O) groups is 2. The zero-order valence-corrected chi connectivity index (χ0v) is 18.6. The molecule has 9 heteroatoms. The number of amides is 2. The van der Waals surface area contributed by atoms with E-state index in [0.29, 0.717) is 11.0 Å². The number of nitrogens with one attached hydrogen (secondary N) is 2. The fourth-order valence-corrected chi connectivity index (χ4v) is 3.95. The maximum atomic E-state index is 13.1. The number of hydrogen-bond donors (Lipinski definition) is 2. The minimum atomic E-state index is -0.325. The molecule has 2 N–H and O–H groups in total. The first-order valence-electron chi connectivity index (χ1n) is 9.67. The van der Waals surface area contributed by atoms with E-state index >= 15 is 0 Å². The molecule has 2 amide bonds. The lowest BCUT2D eigenvalue weighted by Gasteiger charge is -2.13. The van der Waals surface area contributed by atoms with Crippen molar-refractivity contribution in [3.05, 3.63) is 58.9 Å². The number of rotatable bonds is 7. The molecule has 0 bridgehead atoms. The van der Waals surface area contributed by atoms with Crippen LogP contribution in [0, 0.1) is 26.6 Å². The quantitative estimate of drug-likeness (QED) is 0.549. The van der Waals surface area contributed by atoms with Gasteiger partial charge in [-0.2, -0.15) is 0 Å². The topological polar surface area (TPSA) is 88.9 Å². The highest BCUT2D eigenvalue weighted by Crippen LogP contribution is 2.23. The first kappa shape index (κ1) is 22.5. The summed E-state index contributed by atoms with van der Waals surface area (Å²) in [6, 6.07) is 9.95. The number of aromatic nitrogens is 3. The summed E-state index contributed by atoms with van der Waals surface area (Å²) >= 11 is 1.21. The molecular formula is C22H24FN5O2S. The van der Waals surface area contributed by atoms with Crippen LogP contribution < -0.4 is 10.6 Å². The summed E-state index contributed by atoms with van der Waals surface area (Å²) in [7, 11) is 1.78. The summed E-state index contributed by atoms with van der Waals surface area (Å²) in [5, 5.41) is 14.2. The molecule has 162 valence electrons. The van der Waals surface area contributed by atoms with Crippen LogP contribution in [0.5, 0.6) is 0 Å². The molecule has 1 aromatic heterocycles. The van der Waals surface area contributed by atoms with Crippen molar-refractivity contribution in [1.82, 2.24) is 20.1 Å². The molecule has 0 fully saturated rings. The van der Waals surface area contributed by atoms with Gasteiger partial charge in [0.15, 0.2) is 11.0 Å². The molecule has 0 radical (unpaired) electrons. The van der Waals surface area contributed by atoms with Gasteiger partial charge in [0.2, 0.25) is 11.8 Å². The Bertz CT molecular complexity index is 1090. The van der Waals surface area contributed by atoms with Crippen molar-refractivity contribution < 1.29 is 14.0 Å². The number of aryl methyl sites for hydroxylation is 3. The first-order valence-corrected chi connectivity index (χ1v) is 10.7. The summed E-state index contributed by atoms with van der Waals surface area (Å²) in [4.78, 5) is 24.4. The minimum Gasteiger partial charge on any atom is -0.346 e. The van der Waals surface area contributed by atoms with Crippen LogP contribution in [0.25, 0.3) is 11.4 Å². The van der Waals surface area contributed by atoms with E-state index in [0.717, 1.165) is 27.9 Å². The number of carbonyl (C=O) groups excluding carboxylic acids is 2. The third-order valence-electron chi connectivity index (χ3n) is 4.66. The zero-order valence-electron chi connectivity index (χ0n) is 17.8. The number of anilines is 1. The Hall–Kier alpha value is -3.20. The number of halogens is 1. The van der Waals surface area contributed by atoms with Crippen LogP contribution in [-0.2, 0) is 16.6 Å². The molecule has 0 aliphatic carbocycles. The van der Waals surface area contributed by atoms with Gasteiger partial charge in [0.25, 0.3) is 0 Å². The van der Waals surface area contributed by atoms with Crippen LogP contribution in [0.4, 0.5) is 10.1 Å². The highest BCUT2D eigenvalue weighted by molar-refractivity contribution is 7.99. The Morgan fingerprint density at radius 3 is 2.32 bits per heavy atom. The molecule has 1 heterocycles. The van der Waals surface area contributed by atoms with E-state index in [9.17, 15) is 14.0 Å². The average molecular weight is 442 g/mol. The fraction of sp³-hybridized carbons (Fsp3) is 0.273. The van der Waals surface area contributed by atoms with E-state index in [4.69, 9.17) is 0 Å². The van der Waals surface area contributed by atoms with Gasteiger partial charge >= 0.3 is 0 Å². The van der Waals surface area contributed by atoms with Crippen molar-refractivity contribution >= 4 is 29.3 Å². The van der Waals surface area contributed by atoms with Gasteiger partial charge < -0.3 is 15.2 Å². The summed E-state index contributed by atoms with van der Waals surface area (Å²) in [6.45, 7) is 5.76. The largest absolute Gasteiger partial charge is 0.346 e. The lowest BCUT2D eigenvalue weighted by atomic mass is 10.1. The van der Waals surface area contributed by atoms with Crippen molar-refractivity contribution in [3.8, 4) is 11.4 Å². The van der Waals surface area contributed by atoms with E-state index in [1.165, 1.54) is 23.9 Å². The SMILES string of the molecule is Cc1cc(C)c(NC(=O)CNC(=O)CSc2nnc(-c3ccc(F)cc3)n2C)c(C)c1. The van der Waals surface area contributed by atoms with E-state index in [1.807, 2.05) is 32.9 Å². The van der Waals surface area contributed by atoms with Gasteiger partial charge in [-0.25, -0.2) is 4.39 Å². The molecule has 0 aliphatic heterocycles. The summed E-state index contributed by atoms with van der Waals surface area (Å²) < 4.78 is 14.8. The van der Waals surface area contributed by atoms with Crippen molar-refractivity contribution in [2.75, 3.05) is 17.6 Å². The van der Waals surface area contributed by atoms with Gasteiger partial charge in [0, 0.05) is 18.3 Å². The second-order valence-electron chi connectivity index (χ2n) is 7.26. The number of thioether (sulfide) groups is 1. The third-order valence-corrected chi connectivity index (χ3v) is 5.68. The zero-order chi connectivity index (χ0) is 22.5. The molecule has 0 saturated carbocycles. The minimum absolute atomic E-state index is 0.0886. The second kappa shape index (κ2) is 9.74. The van der Waals surface area contributed by atoms with Gasteiger partial charge in [0.05, 0.1) is 12.3 Å². The Morgan fingerprint density at radius 1 is 1.03 bits per heavy atom. The Labute approximate surface area is 184 Å². The molecule has 7 nitrogen and oxygen atoms in total. The number of hydrogen-bond acceptors (Lipinski definition) is 5. The Kier molecular flexibility index (Phi) is 7.06. The summed E-state index contributed by atoms with van der Waals surface area (Å²) in [5.41, 5.74) is 4.58. The van der Waals surface area contributed by atoms with Crippen molar-refractivity contribution in [2.24, 2.45) is 7.05 Å². The van der Waals surface area contributed by atoms with E-state index in [-0.39, 0.29) is 29.9 Å². The second-order valence-corrected chi connectivity index (χ2v) is 8.20. The lowest BCUT2D eigenvalue weighted by Crippen LogP contribution is -2.34. The van der Waals surface area contributed by atoms with Crippen LogP contribution in [0.3, 0.4) is 0 Å². The fourth-order valence-electron chi connectivity index (χ4n) is 3.21. The van der Waals surface area contributed by atoms with Gasteiger partial charge in [-0.15, -0.1) is 10.2 Å². The molecule has 31 heavy (non-hydrogen) atoms. The van der Waals surface area contributed by atoms with Gasteiger partial charge in [-0.3, -0.25) is 9.59 Å². The Balaban J connectivity index is 1.51. The standard InChI is InChI=1S/C22H24FN5O2S/c1-13-9-14(2)20(15(3)10-13)25-18(29)11-24-19(30)12-31-22-27-26-21(28(22)4)16-5-7-17(23)8-6-16/h5-10H,11-12H2,1-4H3,(H,24,30)(H,25,29). The Morgan fingerprint density at radius 2 is 1.68 bits per heavy atom. The van der Waals surface area contributed by atoms with E-state index < -0.39 is 0 Å². The summed E-state index contributed by atoms with van der Waals surface area (Å²) in [5.74, 6) is -0.236. The predicted molar refractivity (Wildman–Crippen MR) is 119 cm³/mol. The summed E-state index contributed by atoms with van der Waals surface area (Å²) in [6.07, 6.45) is 0. The van der Waals surface area contributed by atoms with E-state index in [1.54, 1.807) is 23.7 Å². The molecule has 3 rings (SSSR count). The van der Waals surface area contributed by atoms with Gasteiger partial charge in [-0.05, 0) is 56.2 Å². The normalized spacial score (nSPS) is 10.7. The highest BCUT2D eigenvalue weighted by Gasteiger charge is 2.14. The van der Waals surface area contributed by atoms with Crippen molar-refractivity contribution in [2.45, 2.75) is 25.9 Å². The number of nitrogens with zero attached hydrogens (tertiary/aromatic N) is 3. The molecule has 0 atom stereocenters. The average Bonchev–Trinajstić information content (AvgIpc) is 3.08. The molecule has 2 aromatic carbocycles. The molecular weight excluding hydrogens is 417 g/mol. The number of benzene rings is 2. The predicted octanol–water partition coefficient (Wildman–Crippen LogP) is 3.39. The molecule has 0 saturated heterocycles. The maximum absolute atomic E-state index is 13.1. The van der Waals surface area contributed by atoms with Crippen LogP contribution in [0.1, 0.15) is 16.7 Å². The highest BCUT2D eigenvalue weighted by atomic mass is 32.2. The van der Waals surface area contributed by atoms with Crippen molar-refractivity contribution in [3.63, 3.8) is 0 Å². The molecule has 3 aromatic rings. The van der Waals surface area contributed by atoms with Gasteiger partial charge in [0.1, 0.15) is 5.82 Å². The first-order chi connectivity index (χ1) is 14.7. The van der Waals surface area contributed by atoms with Crippen LogP contribution in [0.2, 0.25) is 0 Å². The van der Waals surface area contributed by atoms with Gasteiger partial charge in [-0.1, -0.05) is 29.5 Å². The van der Waals surface area contributed by atoms with Crippen LogP contribution in [0.15, 0.2) is 41.6 Å². The lowest BCUT2D eigenvalue weighted by molar-refractivity contribution is -0.122. The van der Waals surface area contributed by atoms with Crippen molar-refractivity contribution in [1.29, 1.82) is 0 Å².